The highest BCUT2D eigenvalue weighted by molar-refractivity contribution is 5.70. The van der Waals surface area contributed by atoms with Gasteiger partial charge >= 0.3 is 0 Å². The van der Waals surface area contributed by atoms with Gasteiger partial charge in [0.25, 0.3) is 0 Å². The van der Waals surface area contributed by atoms with Crippen molar-refractivity contribution in [2.24, 2.45) is 0 Å². The van der Waals surface area contributed by atoms with Gasteiger partial charge in [0.05, 0.1) is 27.4 Å². The Labute approximate surface area is 241 Å². The van der Waals surface area contributed by atoms with E-state index in [0.717, 1.165) is 0 Å². The smallest absolute Gasteiger partial charge is 0.232 e. The largest absolute Gasteiger partial charge is 0.493 e. The normalized spacial score (nSPS) is 36.8. The monoisotopic (exact) mass is 598 g/mol. The summed E-state index contributed by atoms with van der Waals surface area (Å²) in [5, 5.41) is 81.4. The first-order chi connectivity index (χ1) is 19.8. The summed E-state index contributed by atoms with van der Waals surface area (Å²) < 4.78 is 33.6. The van der Waals surface area contributed by atoms with E-state index in [2.05, 4.69) is 0 Å². The average Bonchev–Trinajstić information content (AvgIpc) is 2.98. The molecule has 0 radical (unpaired) electrons. The van der Waals surface area contributed by atoms with Gasteiger partial charge in [-0.2, -0.15) is 0 Å². The summed E-state index contributed by atoms with van der Waals surface area (Å²) in [5.74, 6) is 0.771. The minimum absolute atomic E-state index is 0.148. The molecule has 8 N–H and O–H groups in total. The van der Waals surface area contributed by atoms with Gasteiger partial charge in [-0.3, -0.25) is 0 Å². The van der Waals surface area contributed by atoms with Gasteiger partial charge in [0, 0.05) is 0 Å². The number of ether oxygens (including phenoxy) is 6. The molecular formula is C28H38O14. The van der Waals surface area contributed by atoms with Gasteiger partial charge in [-0.1, -0.05) is 12.1 Å². The molecule has 0 unspecified atom stereocenters. The van der Waals surface area contributed by atoms with Gasteiger partial charge in [0.15, 0.2) is 34.2 Å². The lowest BCUT2D eigenvalue weighted by Crippen LogP contribution is -2.66. The number of hydrogen-bond acceptors (Lipinski definition) is 14. The highest BCUT2D eigenvalue weighted by atomic mass is 16.7. The summed E-state index contributed by atoms with van der Waals surface area (Å²) in [6.45, 7) is 1.25. The lowest BCUT2D eigenvalue weighted by Gasteiger charge is -2.45. The quantitative estimate of drug-likeness (QED) is 0.165. The summed E-state index contributed by atoms with van der Waals surface area (Å²) in [6, 6.07) is 9.72. The highest BCUT2D eigenvalue weighted by Crippen LogP contribution is 2.40. The van der Waals surface area contributed by atoms with Crippen LogP contribution in [0.2, 0.25) is 0 Å². The molecule has 0 amide bonds. The minimum atomic E-state index is -2.02. The van der Waals surface area contributed by atoms with Crippen LogP contribution in [0.25, 0.3) is 11.1 Å². The SMILES string of the molecule is COc1cc(-c2ccc(O[C@H]3O[C@H](CO)[C@@H](O)[C@H](O)[C@]3(C)O)c(OC)c2)ccc1O[C@H]1O[C@H](CO)[C@@H](O)[C@H](O)[C@]1(C)O. The molecule has 0 bridgehead atoms. The van der Waals surface area contributed by atoms with E-state index in [1.54, 1.807) is 36.4 Å². The maximum Gasteiger partial charge on any atom is 0.232 e. The van der Waals surface area contributed by atoms with Crippen LogP contribution >= 0.6 is 0 Å². The second-order valence-electron chi connectivity index (χ2n) is 10.7. The van der Waals surface area contributed by atoms with Crippen molar-refractivity contribution in [3.63, 3.8) is 0 Å². The Balaban J connectivity index is 1.57. The number of aliphatic hydroxyl groups is 8. The van der Waals surface area contributed by atoms with Gasteiger partial charge in [-0.15, -0.1) is 0 Å². The Morgan fingerprint density at radius 2 is 1.00 bits per heavy atom. The molecule has 0 saturated carbocycles. The molecule has 0 spiro atoms. The van der Waals surface area contributed by atoms with E-state index in [1.807, 2.05) is 0 Å². The lowest BCUT2D eigenvalue weighted by atomic mass is 9.88. The standard InChI is InChI=1S/C28H38O14/c1-27(35)23(33)21(31)19(11-29)41-25(27)39-15-7-5-13(9-17(15)37-3)14-6-8-16(18(10-14)38-4)40-26-28(2,36)24(34)22(32)20(12-30)42-26/h5-10,19-26,29-36H,11-12H2,1-4H3/t19-,20-,21-,22-,23+,24+,25+,26+,27+,28+/m1/s1. The van der Waals surface area contributed by atoms with Gasteiger partial charge in [-0.05, 0) is 49.2 Å². The number of aliphatic hydroxyl groups excluding tert-OH is 6. The molecule has 0 aliphatic carbocycles. The summed E-state index contributed by atoms with van der Waals surface area (Å²) in [6.07, 6.45) is -11.6. The van der Waals surface area contributed by atoms with E-state index in [1.165, 1.54) is 28.1 Å². The number of benzene rings is 2. The zero-order chi connectivity index (χ0) is 31.0. The zero-order valence-corrected chi connectivity index (χ0v) is 23.5. The molecule has 2 aromatic rings. The Morgan fingerprint density at radius 1 is 0.643 bits per heavy atom. The topological polar surface area (TPSA) is 217 Å². The number of methoxy groups -OCH3 is 2. The lowest BCUT2D eigenvalue weighted by molar-refractivity contribution is -0.315. The van der Waals surface area contributed by atoms with Gasteiger partial charge in [-0.25, -0.2) is 0 Å². The molecule has 10 atom stereocenters. The van der Waals surface area contributed by atoms with Crippen molar-refractivity contribution in [1.82, 2.24) is 0 Å². The summed E-state index contributed by atoms with van der Waals surface area (Å²) >= 11 is 0. The Hall–Kier alpha value is -2.76. The molecule has 2 aromatic carbocycles. The number of rotatable bonds is 9. The number of hydrogen-bond donors (Lipinski definition) is 8. The second-order valence-corrected chi connectivity index (χ2v) is 10.7. The fraction of sp³-hybridized carbons (Fsp3) is 0.571. The first-order valence-electron chi connectivity index (χ1n) is 13.2. The van der Waals surface area contributed by atoms with Crippen LogP contribution in [0.5, 0.6) is 23.0 Å². The van der Waals surface area contributed by atoms with Crippen LogP contribution in [0, 0.1) is 0 Å². The van der Waals surface area contributed by atoms with Crippen LogP contribution in [0.3, 0.4) is 0 Å². The van der Waals surface area contributed by atoms with Crippen LogP contribution in [0.1, 0.15) is 13.8 Å². The van der Waals surface area contributed by atoms with Crippen molar-refractivity contribution in [1.29, 1.82) is 0 Å². The van der Waals surface area contributed by atoms with Crippen LogP contribution in [-0.2, 0) is 9.47 Å². The molecule has 2 heterocycles. The maximum atomic E-state index is 10.8. The summed E-state index contributed by atoms with van der Waals surface area (Å²) in [5.41, 5.74) is -2.75. The molecule has 14 nitrogen and oxygen atoms in total. The fourth-order valence-corrected chi connectivity index (χ4v) is 4.85. The zero-order valence-electron chi connectivity index (χ0n) is 23.5. The summed E-state index contributed by atoms with van der Waals surface area (Å²) in [4.78, 5) is 0. The van der Waals surface area contributed by atoms with Crippen LogP contribution < -0.4 is 18.9 Å². The summed E-state index contributed by atoms with van der Waals surface area (Å²) in [7, 11) is 2.80. The molecule has 234 valence electrons. The van der Waals surface area contributed by atoms with Crippen molar-refractivity contribution >= 4 is 0 Å². The van der Waals surface area contributed by atoms with E-state index in [9.17, 15) is 40.9 Å². The second kappa shape index (κ2) is 12.5. The first-order valence-corrected chi connectivity index (χ1v) is 13.2. The van der Waals surface area contributed by atoms with Crippen LogP contribution in [0.15, 0.2) is 36.4 Å². The third-order valence-electron chi connectivity index (χ3n) is 7.65. The first kappa shape index (κ1) is 32.2. The predicted molar refractivity (Wildman–Crippen MR) is 143 cm³/mol. The van der Waals surface area contributed by atoms with Crippen molar-refractivity contribution in [2.45, 2.75) is 74.3 Å². The molecule has 42 heavy (non-hydrogen) atoms. The van der Waals surface area contributed by atoms with E-state index in [0.29, 0.717) is 11.1 Å². The third-order valence-corrected chi connectivity index (χ3v) is 7.65. The molecule has 2 aliphatic heterocycles. The molecular weight excluding hydrogens is 560 g/mol. The fourth-order valence-electron chi connectivity index (χ4n) is 4.85. The molecule has 4 rings (SSSR count). The Kier molecular flexibility index (Phi) is 9.54. The molecule has 0 aromatic heterocycles. The minimum Gasteiger partial charge on any atom is -0.493 e. The molecule has 2 aliphatic rings. The highest BCUT2D eigenvalue weighted by Gasteiger charge is 2.54. The van der Waals surface area contributed by atoms with Gasteiger partial charge in [0.2, 0.25) is 12.6 Å². The average molecular weight is 599 g/mol. The van der Waals surface area contributed by atoms with E-state index >= 15 is 0 Å². The van der Waals surface area contributed by atoms with Crippen LogP contribution in [-0.4, -0.2) is 129 Å². The third kappa shape index (κ3) is 5.88. The van der Waals surface area contributed by atoms with Crippen molar-refractivity contribution in [3.8, 4) is 34.1 Å². The van der Waals surface area contributed by atoms with E-state index in [-0.39, 0.29) is 23.0 Å². The van der Waals surface area contributed by atoms with E-state index < -0.39 is 73.6 Å². The van der Waals surface area contributed by atoms with E-state index in [4.69, 9.17) is 28.4 Å². The molecule has 2 fully saturated rings. The Morgan fingerprint density at radius 3 is 1.31 bits per heavy atom. The molecule has 2 saturated heterocycles. The van der Waals surface area contributed by atoms with Crippen molar-refractivity contribution in [2.75, 3.05) is 27.4 Å². The van der Waals surface area contributed by atoms with Gasteiger partial charge < -0.3 is 69.3 Å². The predicted octanol–water partition coefficient (Wildman–Crippen LogP) is -1.49. The van der Waals surface area contributed by atoms with Crippen LogP contribution in [0.4, 0.5) is 0 Å². The maximum absolute atomic E-state index is 10.8. The molecule has 14 heteroatoms. The van der Waals surface area contributed by atoms with Crippen molar-refractivity contribution in [3.05, 3.63) is 36.4 Å². The van der Waals surface area contributed by atoms with Gasteiger partial charge in [0.1, 0.15) is 36.6 Å². The Bertz CT molecular complexity index is 1130. The van der Waals surface area contributed by atoms with Crippen molar-refractivity contribution < 1.29 is 69.3 Å².